The number of hydrogen-bond donors (Lipinski definition) is 2. The average molecular weight is 408 g/mol. The molecule has 0 fully saturated rings. The molecule has 0 aliphatic carbocycles. The van der Waals surface area contributed by atoms with Gasteiger partial charge in [-0.15, -0.1) is 0 Å². The molecule has 4 rings (SSSR count). The van der Waals surface area contributed by atoms with E-state index < -0.39 is 0 Å². The summed E-state index contributed by atoms with van der Waals surface area (Å²) >= 11 is 0. The van der Waals surface area contributed by atoms with Crippen molar-refractivity contribution < 1.29 is 19.1 Å². The molecule has 2 heterocycles. The van der Waals surface area contributed by atoms with Gasteiger partial charge in [-0.1, -0.05) is 12.1 Å². The Kier molecular flexibility index (Phi) is 5.41. The Morgan fingerprint density at radius 1 is 1.17 bits per heavy atom. The number of carbonyl (C=O) groups excluding carboxylic acids is 2. The average Bonchev–Trinajstić information content (AvgIpc) is 3.10. The van der Waals surface area contributed by atoms with Crippen LogP contribution in [0.1, 0.15) is 30.5 Å². The standard InChI is InChI=1S/C22H24N4O4/c1-13-8-16-9-19-20(30-12-29-19)10-18(16)22(25-26(13)14(2)27)15-4-6-17(7-5-15)24-21(28)11-23-3/h4-7,9-10,13,23H,8,11-12H2,1-3H3,(H,24,28). The van der Waals surface area contributed by atoms with Gasteiger partial charge in [0.15, 0.2) is 11.5 Å². The molecule has 156 valence electrons. The van der Waals surface area contributed by atoms with Crippen molar-refractivity contribution in [3.05, 3.63) is 53.1 Å². The third-order valence-electron chi connectivity index (χ3n) is 5.10. The van der Waals surface area contributed by atoms with Gasteiger partial charge in [-0.3, -0.25) is 9.59 Å². The number of benzene rings is 2. The van der Waals surface area contributed by atoms with Crippen molar-refractivity contribution in [1.82, 2.24) is 10.3 Å². The lowest BCUT2D eigenvalue weighted by molar-refractivity contribution is -0.130. The number of fused-ring (bicyclic) bond motifs is 2. The molecule has 2 aromatic rings. The lowest BCUT2D eigenvalue weighted by atomic mass is 9.94. The summed E-state index contributed by atoms with van der Waals surface area (Å²) in [6.45, 7) is 3.92. The second kappa shape index (κ2) is 8.16. The van der Waals surface area contributed by atoms with Crippen LogP contribution in [0.3, 0.4) is 0 Å². The molecular weight excluding hydrogens is 384 g/mol. The summed E-state index contributed by atoms with van der Waals surface area (Å²) < 4.78 is 11.1. The summed E-state index contributed by atoms with van der Waals surface area (Å²) in [4.78, 5) is 24.0. The van der Waals surface area contributed by atoms with Gasteiger partial charge in [0.05, 0.1) is 18.3 Å². The lowest BCUT2D eigenvalue weighted by Crippen LogP contribution is -2.33. The van der Waals surface area contributed by atoms with Crippen molar-refractivity contribution in [3.63, 3.8) is 0 Å². The maximum Gasteiger partial charge on any atom is 0.239 e. The normalized spacial score (nSPS) is 17.1. The smallest absolute Gasteiger partial charge is 0.239 e. The summed E-state index contributed by atoms with van der Waals surface area (Å²) in [5.41, 5.74) is 4.15. The van der Waals surface area contributed by atoms with Crippen LogP contribution in [0.4, 0.5) is 5.69 Å². The fraction of sp³-hybridized carbons (Fsp3) is 0.318. The monoisotopic (exact) mass is 408 g/mol. The number of anilines is 1. The van der Waals surface area contributed by atoms with E-state index in [1.54, 1.807) is 7.05 Å². The number of hydrazone groups is 1. The third-order valence-corrected chi connectivity index (χ3v) is 5.10. The fourth-order valence-corrected chi connectivity index (χ4v) is 3.71. The highest BCUT2D eigenvalue weighted by atomic mass is 16.7. The molecule has 8 nitrogen and oxygen atoms in total. The second-order valence-corrected chi connectivity index (χ2v) is 7.38. The minimum atomic E-state index is -0.121. The van der Waals surface area contributed by atoms with Gasteiger partial charge in [0.1, 0.15) is 0 Å². The number of amides is 2. The van der Waals surface area contributed by atoms with Crippen LogP contribution in [-0.4, -0.2) is 49.0 Å². The highest BCUT2D eigenvalue weighted by molar-refractivity contribution is 6.14. The Morgan fingerprint density at radius 3 is 2.53 bits per heavy atom. The van der Waals surface area contributed by atoms with Crippen LogP contribution >= 0.6 is 0 Å². The molecule has 0 spiro atoms. The lowest BCUT2D eigenvalue weighted by Gasteiger charge is -2.21. The molecule has 2 aliphatic heterocycles. The molecule has 0 saturated heterocycles. The Hall–Kier alpha value is -3.39. The number of nitrogens with zero attached hydrogens (tertiary/aromatic N) is 2. The first-order valence-electron chi connectivity index (χ1n) is 9.82. The molecular formula is C22H24N4O4. The predicted molar refractivity (Wildman–Crippen MR) is 113 cm³/mol. The minimum Gasteiger partial charge on any atom is -0.454 e. The van der Waals surface area contributed by atoms with Gasteiger partial charge in [0.2, 0.25) is 18.6 Å². The van der Waals surface area contributed by atoms with Crippen LogP contribution in [0.5, 0.6) is 11.5 Å². The van der Waals surface area contributed by atoms with E-state index in [1.807, 2.05) is 43.3 Å². The van der Waals surface area contributed by atoms with Crippen LogP contribution in [0, 0.1) is 0 Å². The highest BCUT2D eigenvalue weighted by Crippen LogP contribution is 2.37. The van der Waals surface area contributed by atoms with Gasteiger partial charge < -0.3 is 20.1 Å². The largest absolute Gasteiger partial charge is 0.454 e. The van der Waals surface area contributed by atoms with E-state index in [2.05, 4.69) is 10.6 Å². The summed E-state index contributed by atoms with van der Waals surface area (Å²) in [6, 6.07) is 11.2. The van der Waals surface area contributed by atoms with Crippen molar-refractivity contribution in [1.29, 1.82) is 0 Å². The second-order valence-electron chi connectivity index (χ2n) is 7.38. The third kappa shape index (κ3) is 3.86. The van der Waals surface area contributed by atoms with E-state index in [4.69, 9.17) is 14.6 Å². The molecule has 8 heteroatoms. The number of nitrogens with one attached hydrogen (secondary N) is 2. The molecule has 1 atom stereocenters. The number of likely N-dealkylation sites (N-methyl/N-ethyl adjacent to an activating group) is 1. The summed E-state index contributed by atoms with van der Waals surface area (Å²) in [7, 11) is 1.72. The van der Waals surface area contributed by atoms with E-state index in [-0.39, 0.29) is 31.2 Å². The molecule has 2 aromatic carbocycles. The predicted octanol–water partition coefficient (Wildman–Crippen LogP) is 2.12. The maximum absolute atomic E-state index is 12.2. The number of rotatable bonds is 4. The van der Waals surface area contributed by atoms with E-state index in [1.165, 1.54) is 11.9 Å². The number of ether oxygens (including phenoxy) is 2. The highest BCUT2D eigenvalue weighted by Gasteiger charge is 2.28. The number of hydrogen-bond acceptors (Lipinski definition) is 6. The van der Waals surface area contributed by atoms with Crippen LogP contribution < -0.4 is 20.1 Å². The molecule has 30 heavy (non-hydrogen) atoms. The van der Waals surface area contributed by atoms with E-state index in [9.17, 15) is 9.59 Å². The molecule has 0 saturated carbocycles. The number of carbonyl (C=O) groups is 2. The van der Waals surface area contributed by atoms with Crippen LogP contribution in [0.25, 0.3) is 0 Å². The molecule has 0 radical (unpaired) electrons. The topological polar surface area (TPSA) is 92.3 Å². The molecule has 1 unspecified atom stereocenters. The van der Waals surface area contributed by atoms with Gasteiger partial charge in [-0.2, -0.15) is 5.10 Å². The fourth-order valence-electron chi connectivity index (χ4n) is 3.71. The van der Waals surface area contributed by atoms with Crippen molar-refractivity contribution >= 4 is 23.2 Å². The van der Waals surface area contributed by atoms with Crippen molar-refractivity contribution in [2.24, 2.45) is 5.10 Å². The Balaban J connectivity index is 1.75. The Labute approximate surface area is 174 Å². The summed E-state index contributed by atoms with van der Waals surface area (Å²) in [5, 5.41) is 11.9. The SMILES string of the molecule is CNCC(=O)Nc1ccc(C2=NN(C(C)=O)C(C)Cc3cc4c(cc32)OCO4)cc1. The zero-order valence-electron chi connectivity index (χ0n) is 17.2. The van der Waals surface area contributed by atoms with Crippen LogP contribution in [-0.2, 0) is 16.0 Å². The molecule has 2 N–H and O–H groups in total. The van der Waals surface area contributed by atoms with Gasteiger partial charge >= 0.3 is 0 Å². The van der Waals surface area contributed by atoms with Crippen molar-refractivity contribution in [3.8, 4) is 11.5 Å². The maximum atomic E-state index is 12.2. The Bertz CT molecular complexity index is 1020. The molecule has 0 bridgehead atoms. The first kappa shape index (κ1) is 19.9. The Morgan fingerprint density at radius 2 is 1.87 bits per heavy atom. The minimum absolute atomic E-state index is 0.0979. The quantitative estimate of drug-likeness (QED) is 0.809. The van der Waals surface area contributed by atoms with E-state index in [0.717, 1.165) is 16.7 Å². The first-order valence-corrected chi connectivity index (χ1v) is 9.82. The van der Waals surface area contributed by atoms with Crippen LogP contribution in [0.2, 0.25) is 0 Å². The summed E-state index contributed by atoms with van der Waals surface area (Å²) in [5.74, 6) is 1.14. The zero-order valence-corrected chi connectivity index (χ0v) is 17.2. The zero-order chi connectivity index (χ0) is 21.3. The van der Waals surface area contributed by atoms with Gasteiger partial charge in [-0.25, -0.2) is 5.01 Å². The van der Waals surface area contributed by atoms with Crippen LogP contribution in [0.15, 0.2) is 41.5 Å². The van der Waals surface area contributed by atoms with E-state index in [0.29, 0.717) is 29.3 Å². The summed E-state index contributed by atoms with van der Waals surface area (Å²) in [6.07, 6.45) is 0.650. The molecule has 0 aromatic heterocycles. The van der Waals surface area contributed by atoms with Crippen molar-refractivity contribution in [2.45, 2.75) is 26.3 Å². The van der Waals surface area contributed by atoms with Gasteiger partial charge in [0, 0.05) is 23.7 Å². The van der Waals surface area contributed by atoms with E-state index >= 15 is 0 Å². The van der Waals surface area contributed by atoms with Gasteiger partial charge in [-0.05, 0) is 50.2 Å². The van der Waals surface area contributed by atoms with Crippen molar-refractivity contribution in [2.75, 3.05) is 25.7 Å². The molecule has 2 aliphatic rings. The van der Waals surface area contributed by atoms with Gasteiger partial charge in [0.25, 0.3) is 0 Å². The first-order chi connectivity index (χ1) is 14.5. The molecule has 2 amide bonds.